The van der Waals surface area contributed by atoms with Crippen LogP contribution in [-0.4, -0.2) is 8.32 Å². The number of anilines is 1. The Balaban J connectivity index is 2.96. The Morgan fingerprint density at radius 2 is 1.92 bits per heavy atom. The summed E-state index contributed by atoms with van der Waals surface area (Å²) in [6.45, 7) is 6.08. The van der Waals surface area contributed by atoms with E-state index in [4.69, 9.17) is 10.2 Å². The molecular weight excluding hydrogens is 185 g/mol. The highest BCUT2D eigenvalue weighted by Gasteiger charge is 2.18. The fraction of sp³-hybridized carbons (Fsp3) is 0.333. The molecule has 0 aromatic heterocycles. The summed E-state index contributed by atoms with van der Waals surface area (Å²) in [5.74, 6) is 0.0370. The summed E-state index contributed by atoms with van der Waals surface area (Å²) < 4.78 is 18.6. The summed E-state index contributed by atoms with van der Waals surface area (Å²) in [5.41, 5.74) is 5.61. The summed E-state index contributed by atoms with van der Waals surface area (Å²) in [6, 6.07) is 4.62. The summed E-state index contributed by atoms with van der Waals surface area (Å²) >= 11 is 0. The molecule has 0 bridgehead atoms. The molecule has 2 N–H and O–H groups in total. The zero-order valence-corrected chi connectivity index (χ0v) is 9.10. The molecule has 0 aliphatic rings. The second-order valence-corrected chi connectivity index (χ2v) is 8.29. The van der Waals surface area contributed by atoms with Gasteiger partial charge in [0.05, 0.1) is 0 Å². The summed E-state index contributed by atoms with van der Waals surface area (Å²) in [7, 11) is -1.70. The highest BCUT2D eigenvalue weighted by molar-refractivity contribution is 6.70. The highest BCUT2D eigenvalue weighted by atomic mass is 28.4. The molecule has 13 heavy (non-hydrogen) atoms. The summed E-state index contributed by atoms with van der Waals surface area (Å²) in [4.78, 5) is 0. The zero-order valence-electron chi connectivity index (χ0n) is 8.10. The van der Waals surface area contributed by atoms with Crippen molar-refractivity contribution in [1.29, 1.82) is 0 Å². The lowest BCUT2D eigenvalue weighted by atomic mass is 10.3. The standard InChI is InChI=1S/C9H14FNOSi/c1-13(2,3)12-8-6-4-5-7(10)9(8)11/h4-6H,11H2,1-3H3. The minimum absolute atomic E-state index is 0.102. The van der Waals surface area contributed by atoms with Crippen molar-refractivity contribution in [2.45, 2.75) is 19.6 Å². The van der Waals surface area contributed by atoms with Gasteiger partial charge in [-0.15, -0.1) is 0 Å². The molecule has 0 unspecified atom stereocenters. The van der Waals surface area contributed by atoms with Crippen LogP contribution < -0.4 is 10.2 Å². The maximum absolute atomic E-state index is 13.0. The van der Waals surface area contributed by atoms with Crippen LogP contribution in [0.4, 0.5) is 10.1 Å². The van der Waals surface area contributed by atoms with Gasteiger partial charge in [0.1, 0.15) is 17.3 Å². The number of nitrogens with two attached hydrogens (primary N) is 1. The molecule has 0 aliphatic heterocycles. The highest BCUT2D eigenvalue weighted by Crippen LogP contribution is 2.26. The van der Waals surface area contributed by atoms with Crippen LogP contribution in [0, 0.1) is 5.82 Å². The molecule has 0 atom stereocenters. The molecule has 0 saturated carbocycles. The normalized spacial score (nSPS) is 11.4. The quantitative estimate of drug-likeness (QED) is 0.587. The van der Waals surface area contributed by atoms with Gasteiger partial charge in [-0.1, -0.05) is 6.07 Å². The van der Waals surface area contributed by atoms with E-state index < -0.39 is 14.1 Å². The zero-order chi connectivity index (χ0) is 10.1. The van der Waals surface area contributed by atoms with E-state index in [2.05, 4.69) is 0 Å². The van der Waals surface area contributed by atoms with Gasteiger partial charge in [0.15, 0.2) is 0 Å². The smallest absolute Gasteiger partial charge is 0.242 e. The molecule has 2 nitrogen and oxygen atoms in total. The number of para-hydroxylation sites is 1. The van der Waals surface area contributed by atoms with Gasteiger partial charge in [0, 0.05) is 0 Å². The second kappa shape index (κ2) is 3.37. The number of benzene rings is 1. The first-order valence-electron chi connectivity index (χ1n) is 4.13. The third-order valence-corrected chi connectivity index (χ3v) is 2.26. The van der Waals surface area contributed by atoms with Gasteiger partial charge in [-0.05, 0) is 31.8 Å². The van der Waals surface area contributed by atoms with Crippen molar-refractivity contribution in [2.24, 2.45) is 0 Å². The Morgan fingerprint density at radius 3 is 2.46 bits per heavy atom. The van der Waals surface area contributed by atoms with Crippen LogP contribution in [0.3, 0.4) is 0 Å². The maximum Gasteiger partial charge on any atom is 0.242 e. The molecule has 0 amide bonds. The van der Waals surface area contributed by atoms with Gasteiger partial charge >= 0.3 is 0 Å². The van der Waals surface area contributed by atoms with E-state index in [1.54, 1.807) is 12.1 Å². The lowest BCUT2D eigenvalue weighted by molar-refractivity contribution is 0.549. The van der Waals surface area contributed by atoms with E-state index in [-0.39, 0.29) is 5.69 Å². The van der Waals surface area contributed by atoms with Crippen molar-refractivity contribution < 1.29 is 8.82 Å². The van der Waals surface area contributed by atoms with Gasteiger partial charge in [-0.2, -0.15) is 0 Å². The van der Waals surface area contributed by atoms with Crippen LogP contribution in [0.15, 0.2) is 18.2 Å². The first kappa shape index (κ1) is 10.1. The average molecular weight is 199 g/mol. The Kier molecular flexibility index (Phi) is 2.61. The Labute approximate surface area is 78.6 Å². The predicted octanol–water partition coefficient (Wildman–Crippen LogP) is 2.62. The van der Waals surface area contributed by atoms with E-state index in [1.165, 1.54) is 6.07 Å². The third-order valence-electron chi connectivity index (χ3n) is 1.43. The molecule has 0 aliphatic carbocycles. The fourth-order valence-electron chi connectivity index (χ4n) is 0.936. The Hall–Kier alpha value is -1.03. The summed E-state index contributed by atoms with van der Waals surface area (Å²) in [5, 5.41) is 0. The number of halogens is 1. The van der Waals surface area contributed by atoms with Crippen LogP contribution in [-0.2, 0) is 0 Å². The fourth-order valence-corrected chi connectivity index (χ4v) is 1.77. The largest absolute Gasteiger partial charge is 0.543 e. The first-order valence-corrected chi connectivity index (χ1v) is 7.54. The van der Waals surface area contributed by atoms with Crippen molar-refractivity contribution in [1.82, 2.24) is 0 Å². The molecule has 0 radical (unpaired) electrons. The lowest BCUT2D eigenvalue weighted by Crippen LogP contribution is -2.29. The maximum atomic E-state index is 13.0. The minimum atomic E-state index is -1.70. The van der Waals surface area contributed by atoms with Crippen LogP contribution in [0.25, 0.3) is 0 Å². The van der Waals surface area contributed by atoms with Crippen molar-refractivity contribution in [3.63, 3.8) is 0 Å². The minimum Gasteiger partial charge on any atom is -0.543 e. The van der Waals surface area contributed by atoms with Gasteiger partial charge in [0.2, 0.25) is 8.32 Å². The molecule has 0 fully saturated rings. The van der Waals surface area contributed by atoms with Crippen LogP contribution in [0.1, 0.15) is 0 Å². The van der Waals surface area contributed by atoms with Crippen molar-refractivity contribution in [2.75, 3.05) is 5.73 Å². The SMILES string of the molecule is C[Si](C)(C)Oc1cccc(F)c1N. The number of nitrogen functional groups attached to an aromatic ring is 1. The topological polar surface area (TPSA) is 35.2 Å². The van der Waals surface area contributed by atoms with E-state index in [1.807, 2.05) is 19.6 Å². The van der Waals surface area contributed by atoms with E-state index in [9.17, 15) is 4.39 Å². The average Bonchev–Trinajstić information content (AvgIpc) is 1.96. The van der Waals surface area contributed by atoms with Gasteiger partial charge in [-0.25, -0.2) is 4.39 Å². The molecule has 0 saturated heterocycles. The van der Waals surface area contributed by atoms with Crippen molar-refractivity contribution in [3.8, 4) is 5.75 Å². The van der Waals surface area contributed by atoms with Gasteiger partial charge in [0.25, 0.3) is 0 Å². The van der Waals surface area contributed by atoms with Gasteiger partial charge < -0.3 is 10.2 Å². The molecule has 4 heteroatoms. The van der Waals surface area contributed by atoms with E-state index in [0.717, 1.165) is 0 Å². The summed E-state index contributed by atoms with van der Waals surface area (Å²) in [6.07, 6.45) is 0. The van der Waals surface area contributed by atoms with E-state index >= 15 is 0 Å². The number of hydrogen-bond acceptors (Lipinski definition) is 2. The van der Waals surface area contributed by atoms with Crippen LogP contribution >= 0.6 is 0 Å². The van der Waals surface area contributed by atoms with Crippen molar-refractivity contribution >= 4 is 14.0 Å². The Morgan fingerprint density at radius 1 is 1.31 bits per heavy atom. The third kappa shape index (κ3) is 2.73. The van der Waals surface area contributed by atoms with Crippen LogP contribution in [0.2, 0.25) is 19.6 Å². The molecule has 0 heterocycles. The molecule has 1 aromatic carbocycles. The molecular formula is C9H14FNOSi. The predicted molar refractivity (Wildman–Crippen MR) is 54.8 cm³/mol. The van der Waals surface area contributed by atoms with E-state index in [0.29, 0.717) is 5.75 Å². The van der Waals surface area contributed by atoms with Gasteiger partial charge in [-0.3, -0.25) is 0 Å². The number of rotatable bonds is 2. The van der Waals surface area contributed by atoms with Crippen molar-refractivity contribution in [3.05, 3.63) is 24.0 Å². The molecule has 1 rings (SSSR count). The molecule has 0 spiro atoms. The molecule has 72 valence electrons. The monoisotopic (exact) mass is 199 g/mol. The lowest BCUT2D eigenvalue weighted by Gasteiger charge is -2.20. The first-order chi connectivity index (χ1) is 5.90. The molecule has 1 aromatic rings. The number of hydrogen-bond donors (Lipinski definition) is 1. The second-order valence-electron chi connectivity index (χ2n) is 3.87. The van der Waals surface area contributed by atoms with Crippen LogP contribution in [0.5, 0.6) is 5.75 Å². The Bertz CT molecular complexity index is 309.